The zero-order valence-corrected chi connectivity index (χ0v) is 26.8. The maximum absolute atomic E-state index is 5.48. The molecule has 0 N–H and O–H groups in total. The molecule has 0 bridgehead atoms. The van der Waals surface area contributed by atoms with Gasteiger partial charge in [0.1, 0.15) is 5.82 Å². The molecule has 0 saturated heterocycles. The highest BCUT2D eigenvalue weighted by Gasteiger charge is 2.26. The monoisotopic (exact) mass is 634 g/mol. The molecule has 4 aromatic heterocycles. The van der Waals surface area contributed by atoms with Gasteiger partial charge >= 0.3 is 0 Å². The lowest BCUT2D eigenvalue weighted by molar-refractivity contribution is 1.08. The molecule has 0 unspecified atom stereocenters. The van der Waals surface area contributed by atoms with E-state index >= 15 is 0 Å². The van der Waals surface area contributed by atoms with Crippen molar-refractivity contribution in [2.45, 2.75) is 0 Å². The molecule has 230 valence electrons. The van der Waals surface area contributed by atoms with Gasteiger partial charge in [0.15, 0.2) is 5.82 Å². The van der Waals surface area contributed by atoms with E-state index in [0.717, 1.165) is 27.8 Å². The zero-order valence-electron chi connectivity index (χ0n) is 26.8. The van der Waals surface area contributed by atoms with Crippen LogP contribution in [0.3, 0.4) is 0 Å². The Morgan fingerprint density at radius 3 is 1.92 bits per heavy atom. The standard InChI is InChI=1S/C46H26N4/c1-2-13-29-25-30(22-21-27(29)11-1)45-47-38-18-8-5-16-34(38)46(48-45)50-39-19-9-6-15-32(39)36-26-37-33-24-23-28-12-3-4-14-31(28)42(33)49-40-20-10-7-17-35(40)41(43(37)49)44(36)50/h1-26H. The van der Waals surface area contributed by atoms with Gasteiger partial charge in [0.05, 0.1) is 33.1 Å². The molecular formula is C46H26N4. The first kappa shape index (κ1) is 26.2. The average Bonchev–Trinajstić information content (AvgIpc) is 3.82. The van der Waals surface area contributed by atoms with Crippen molar-refractivity contribution in [3.8, 4) is 17.2 Å². The Morgan fingerprint density at radius 2 is 1.04 bits per heavy atom. The Balaban J connectivity index is 1.30. The number of aromatic nitrogens is 4. The number of rotatable bonds is 2. The highest BCUT2D eigenvalue weighted by atomic mass is 15.1. The molecule has 0 fully saturated rings. The fraction of sp³-hybridized carbons (Fsp3) is 0. The number of hydrogen-bond acceptors (Lipinski definition) is 2. The first-order valence-electron chi connectivity index (χ1n) is 17.1. The molecule has 0 amide bonds. The van der Waals surface area contributed by atoms with Crippen molar-refractivity contribution in [1.29, 1.82) is 0 Å². The Labute approximate surface area is 285 Å². The fourth-order valence-corrected chi connectivity index (χ4v) is 8.66. The Bertz CT molecular complexity index is 3380. The van der Waals surface area contributed by atoms with E-state index in [1.807, 2.05) is 0 Å². The van der Waals surface area contributed by atoms with Crippen LogP contribution in [0.1, 0.15) is 0 Å². The molecule has 4 heteroatoms. The van der Waals surface area contributed by atoms with Gasteiger partial charge in [-0.1, -0.05) is 121 Å². The van der Waals surface area contributed by atoms with Gasteiger partial charge in [0.25, 0.3) is 0 Å². The van der Waals surface area contributed by atoms with E-state index in [1.54, 1.807) is 0 Å². The summed E-state index contributed by atoms with van der Waals surface area (Å²) in [4.78, 5) is 10.6. The molecule has 4 nitrogen and oxygen atoms in total. The zero-order chi connectivity index (χ0) is 32.5. The molecule has 0 aliphatic heterocycles. The van der Waals surface area contributed by atoms with Crippen molar-refractivity contribution in [2.75, 3.05) is 0 Å². The van der Waals surface area contributed by atoms with Crippen LogP contribution in [-0.4, -0.2) is 18.9 Å². The van der Waals surface area contributed by atoms with E-state index in [-0.39, 0.29) is 0 Å². The van der Waals surface area contributed by atoms with Crippen LogP contribution in [0.4, 0.5) is 0 Å². The van der Waals surface area contributed by atoms with Crippen molar-refractivity contribution < 1.29 is 0 Å². The fourth-order valence-electron chi connectivity index (χ4n) is 8.66. The first-order valence-corrected chi connectivity index (χ1v) is 17.1. The summed E-state index contributed by atoms with van der Waals surface area (Å²) in [5, 5.41) is 13.4. The topological polar surface area (TPSA) is 35.1 Å². The molecule has 0 aliphatic carbocycles. The quantitative estimate of drug-likeness (QED) is 0.190. The molecule has 0 spiro atoms. The van der Waals surface area contributed by atoms with Crippen molar-refractivity contribution in [3.05, 3.63) is 158 Å². The smallest absolute Gasteiger partial charge is 0.162 e. The van der Waals surface area contributed by atoms with Crippen LogP contribution in [0.25, 0.3) is 110 Å². The SMILES string of the molecule is c1ccc2cc(-c3nc(-n4c5ccccc5c5cc6c7ccc8ccccc8c7n7c8ccccc8c(c54)c67)c4ccccc4n3)ccc2c1. The largest absolute Gasteiger partial charge is 0.307 e. The highest BCUT2D eigenvalue weighted by Crippen LogP contribution is 2.47. The second-order valence-electron chi connectivity index (χ2n) is 13.4. The molecule has 12 aromatic rings. The van der Waals surface area contributed by atoms with E-state index < -0.39 is 0 Å². The summed E-state index contributed by atoms with van der Waals surface area (Å²) in [6, 6.07) is 56.8. The summed E-state index contributed by atoms with van der Waals surface area (Å²) in [7, 11) is 0. The van der Waals surface area contributed by atoms with Crippen LogP contribution in [0.15, 0.2) is 158 Å². The van der Waals surface area contributed by atoms with Gasteiger partial charge in [0.2, 0.25) is 0 Å². The molecule has 0 radical (unpaired) electrons. The van der Waals surface area contributed by atoms with Crippen LogP contribution < -0.4 is 0 Å². The van der Waals surface area contributed by atoms with Crippen LogP contribution in [0.2, 0.25) is 0 Å². The number of benzene rings is 8. The van der Waals surface area contributed by atoms with E-state index in [0.29, 0.717) is 5.82 Å². The van der Waals surface area contributed by atoms with Crippen LogP contribution >= 0.6 is 0 Å². The summed E-state index contributed by atoms with van der Waals surface area (Å²) in [5.41, 5.74) is 7.95. The Hall–Kier alpha value is -6.78. The summed E-state index contributed by atoms with van der Waals surface area (Å²) in [6.45, 7) is 0. The molecule has 0 atom stereocenters. The predicted molar refractivity (Wildman–Crippen MR) is 209 cm³/mol. The maximum atomic E-state index is 5.48. The van der Waals surface area contributed by atoms with Crippen molar-refractivity contribution in [2.24, 2.45) is 0 Å². The minimum absolute atomic E-state index is 0.717. The van der Waals surface area contributed by atoms with Crippen molar-refractivity contribution in [3.63, 3.8) is 0 Å². The van der Waals surface area contributed by atoms with E-state index in [1.165, 1.54) is 75.9 Å². The van der Waals surface area contributed by atoms with Crippen molar-refractivity contribution >= 4 is 92.3 Å². The molecule has 0 saturated carbocycles. The number of fused-ring (bicyclic) bond motifs is 14. The Morgan fingerprint density at radius 1 is 0.380 bits per heavy atom. The summed E-state index contributed by atoms with van der Waals surface area (Å²) < 4.78 is 4.92. The number of hydrogen-bond donors (Lipinski definition) is 0. The average molecular weight is 635 g/mol. The van der Waals surface area contributed by atoms with Gasteiger partial charge in [0, 0.05) is 48.7 Å². The number of para-hydroxylation sites is 3. The highest BCUT2D eigenvalue weighted by molar-refractivity contribution is 6.35. The number of nitrogens with zero attached hydrogens (tertiary/aromatic N) is 4. The molecule has 4 heterocycles. The molecular weight excluding hydrogens is 609 g/mol. The predicted octanol–water partition coefficient (Wildman–Crippen LogP) is 11.9. The van der Waals surface area contributed by atoms with Crippen LogP contribution in [0.5, 0.6) is 0 Å². The van der Waals surface area contributed by atoms with Crippen LogP contribution in [-0.2, 0) is 0 Å². The Kier molecular flexibility index (Phi) is 4.94. The third-order valence-electron chi connectivity index (χ3n) is 10.8. The third kappa shape index (κ3) is 3.30. The lowest BCUT2D eigenvalue weighted by Gasteiger charge is -2.13. The van der Waals surface area contributed by atoms with E-state index in [4.69, 9.17) is 9.97 Å². The third-order valence-corrected chi connectivity index (χ3v) is 10.8. The van der Waals surface area contributed by atoms with Gasteiger partial charge in [-0.25, -0.2) is 9.97 Å². The second kappa shape index (κ2) is 9.43. The normalized spacial score (nSPS) is 12.4. The van der Waals surface area contributed by atoms with Gasteiger partial charge in [-0.05, 0) is 52.6 Å². The first-order chi connectivity index (χ1) is 24.8. The second-order valence-corrected chi connectivity index (χ2v) is 13.4. The van der Waals surface area contributed by atoms with E-state index in [9.17, 15) is 0 Å². The molecule has 50 heavy (non-hydrogen) atoms. The maximum Gasteiger partial charge on any atom is 0.162 e. The summed E-state index contributed by atoms with van der Waals surface area (Å²) >= 11 is 0. The minimum atomic E-state index is 0.717. The minimum Gasteiger partial charge on any atom is -0.307 e. The van der Waals surface area contributed by atoms with Gasteiger partial charge in [-0.15, -0.1) is 0 Å². The van der Waals surface area contributed by atoms with Gasteiger partial charge < -0.3 is 4.40 Å². The van der Waals surface area contributed by atoms with E-state index in [2.05, 4.69) is 167 Å². The van der Waals surface area contributed by atoms with Gasteiger partial charge in [-0.2, -0.15) is 0 Å². The van der Waals surface area contributed by atoms with Crippen molar-refractivity contribution in [1.82, 2.24) is 18.9 Å². The van der Waals surface area contributed by atoms with Gasteiger partial charge in [-0.3, -0.25) is 4.57 Å². The molecule has 8 aromatic carbocycles. The lowest BCUT2D eigenvalue weighted by Crippen LogP contribution is -2.03. The lowest BCUT2D eigenvalue weighted by atomic mass is 10.0. The summed E-state index contributed by atoms with van der Waals surface area (Å²) in [5.74, 6) is 1.60. The molecule has 0 aliphatic rings. The van der Waals surface area contributed by atoms with Crippen LogP contribution in [0, 0.1) is 0 Å². The molecule has 12 rings (SSSR count). The summed E-state index contributed by atoms with van der Waals surface area (Å²) in [6.07, 6.45) is 0.